The standard InChI is InChI=1S/C21H21N3O4S/c1-13(25)9-16-12-29-20(22-16)18-10-15-3-4-17(11-19(15)28-21(18)27)24-7-5-23(6-8-24)14(2)26/h3-4,10-12H,5-9H2,1-2H3. The Kier molecular flexibility index (Phi) is 5.19. The maximum absolute atomic E-state index is 12.5. The molecule has 0 spiro atoms. The van der Waals surface area contributed by atoms with E-state index in [4.69, 9.17) is 4.42 Å². The third-order valence-electron chi connectivity index (χ3n) is 5.02. The van der Waals surface area contributed by atoms with Crippen LogP contribution in [0.5, 0.6) is 0 Å². The van der Waals surface area contributed by atoms with Gasteiger partial charge in [-0.3, -0.25) is 9.59 Å². The number of hydrogen-bond acceptors (Lipinski definition) is 7. The average molecular weight is 411 g/mol. The first-order valence-corrected chi connectivity index (χ1v) is 10.3. The molecule has 3 aromatic rings. The van der Waals surface area contributed by atoms with E-state index < -0.39 is 5.63 Å². The summed E-state index contributed by atoms with van der Waals surface area (Å²) < 4.78 is 5.58. The van der Waals surface area contributed by atoms with Crippen LogP contribution in [-0.4, -0.2) is 47.8 Å². The van der Waals surface area contributed by atoms with Crippen molar-refractivity contribution in [1.82, 2.24) is 9.88 Å². The molecular formula is C21H21N3O4S. The van der Waals surface area contributed by atoms with E-state index in [0.29, 0.717) is 34.9 Å². The molecule has 0 radical (unpaired) electrons. The molecule has 1 aromatic carbocycles. The Bertz CT molecular complexity index is 1140. The van der Waals surface area contributed by atoms with Crippen LogP contribution in [0.2, 0.25) is 0 Å². The number of rotatable bonds is 4. The van der Waals surface area contributed by atoms with Crippen LogP contribution in [-0.2, 0) is 16.0 Å². The molecular weight excluding hydrogens is 390 g/mol. The highest BCUT2D eigenvalue weighted by Gasteiger charge is 2.20. The molecule has 0 N–H and O–H groups in total. The topological polar surface area (TPSA) is 83.7 Å². The predicted octanol–water partition coefficient (Wildman–Crippen LogP) is 2.72. The molecule has 1 saturated heterocycles. The molecule has 2 aromatic heterocycles. The van der Waals surface area contributed by atoms with Crippen LogP contribution in [0.25, 0.3) is 21.5 Å². The number of nitrogens with zero attached hydrogens (tertiary/aromatic N) is 3. The highest BCUT2D eigenvalue weighted by molar-refractivity contribution is 7.13. The second kappa shape index (κ2) is 7.79. The lowest BCUT2D eigenvalue weighted by molar-refractivity contribution is -0.129. The van der Waals surface area contributed by atoms with E-state index >= 15 is 0 Å². The van der Waals surface area contributed by atoms with Crippen LogP contribution < -0.4 is 10.5 Å². The Balaban J connectivity index is 1.60. The quantitative estimate of drug-likeness (QED) is 0.614. The number of carbonyl (C=O) groups is 2. The Hall–Kier alpha value is -3.00. The van der Waals surface area contributed by atoms with Gasteiger partial charge in [0.1, 0.15) is 16.4 Å². The van der Waals surface area contributed by atoms with Crippen molar-refractivity contribution in [2.75, 3.05) is 31.1 Å². The highest BCUT2D eigenvalue weighted by atomic mass is 32.1. The van der Waals surface area contributed by atoms with E-state index in [2.05, 4.69) is 9.88 Å². The normalized spacial score (nSPS) is 14.4. The van der Waals surface area contributed by atoms with Crippen molar-refractivity contribution in [2.45, 2.75) is 20.3 Å². The van der Waals surface area contributed by atoms with Gasteiger partial charge in [-0.15, -0.1) is 11.3 Å². The lowest BCUT2D eigenvalue weighted by Gasteiger charge is -2.35. The monoisotopic (exact) mass is 411 g/mol. The largest absolute Gasteiger partial charge is 0.422 e. The summed E-state index contributed by atoms with van der Waals surface area (Å²) in [5, 5.41) is 3.17. The van der Waals surface area contributed by atoms with Gasteiger partial charge in [0.25, 0.3) is 0 Å². The summed E-state index contributed by atoms with van der Waals surface area (Å²) in [6.07, 6.45) is 0.260. The lowest BCUT2D eigenvalue weighted by atomic mass is 10.1. The third kappa shape index (κ3) is 4.07. The summed E-state index contributed by atoms with van der Waals surface area (Å²) in [4.78, 5) is 43.7. The van der Waals surface area contributed by atoms with Crippen LogP contribution in [0.15, 0.2) is 38.9 Å². The number of anilines is 1. The van der Waals surface area contributed by atoms with E-state index in [1.54, 1.807) is 18.4 Å². The van der Waals surface area contributed by atoms with Gasteiger partial charge in [-0.1, -0.05) is 0 Å². The molecule has 0 aliphatic carbocycles. The molecule has 3 heterocycles. The smallest absolute Gasteiger partial charge is 0.346 e. The molecule has 0 unspecified atom stereocenters. The van der Waals surface area contributed by atoms with E-state index in [1.165, 1.54) is 18.3 Å². The van der Waals surface area contributed by atoms with Gasteiger partial charge in [0, 0.05) is 62.0 Å². The second-order valence-electron chi connectivity index (χ2n) is 7.19. The first kappa shape index (κ1) is 19.3. The van der Waals surface area contributed by atoms with Crippen molar-refractivity contribution in [3.63, 3.8) is 0 Å². The minimum atomic E-state index is -0.445. The van der Waals surface area contributed by atoms with E-state index in [1.807, 2.05) is 23.1 Å². The van der Waals surface area contributed by atoms with Crippen LogP contribution >= 0.6 is 11.3 Å². The second-order valence-corrected chi connectivity index (χ2v) is 8.04. The third-order valence-corrected chi connectivity index (χ3v) is 5.95. The summed E-state index contributed by atoms with van der Waals surface area (Å²) >= 11 is 1.33. The highest BCUT2D eigenvalue weighted by Crippen LogP contribution is 2.27. The summed E-state index contributed by atoms with van der Waals surface area (Å²) in [6, 6.07) is 7.58. The number of hydrogen-bond donors (Lipinski definition) is 0. The maximum Gasteiger partial charge on any atom is 0.346 e. The molecule has 0 bridgehead atoms. The maximum atomic E-state index is 12.5. The van der Waals surface area contributed by atoms with E-state index in [-0.39, 0.29) is 18.1 Å². The van der Waals surface area contributed by atoms with Crippen LogP contribution in [0.4, 0.5) is 5.69 Å². The number of carbonyl (C=O) groups excluding carboxylic acids is 2. The van der Waals surface area contributed by atoms with Gasteiger partial charge in [0.15, 0.2) is 0 Å². The van der Waals surface area contributed by atoms with E-state index in [0.717, 1.165) is 24.2 Å². The SMILES string of the molecule is CC(=O)Cc1csc(-c2cc3ccc(N4CCN(C(C)=O)CC4)cc3oc2=O)n1. The predicted molar refractivity (Wildman–Crippen MR) is 112 cm³/mol. The van der Waals surface area contributed by atoms with Gasteiger partial charge < -0.3 is 14.2 Å². The van der Waals surface area contributed by atoms with E-state index in [9.17, 15) is 14.4 Å². The fraction of sp³-hybridized carbons (Fsp3) is 0.333. The number of amides is 1. The fourth-order valence-corrected chi connectivity index (χ4v) is 4.32. The fourth-order valence-electron chi connectivity index (χ4n) is 3.49. The zero-order valence-corrected chi connectivity index (χ0v) is 17.1. The minimum absolute atomic E-state index is 0.0315. The first-order chi connectivity index (χ1) is 13.9. The molecule has 150 valence electrons. The first-order valence-electron chi connectivity index (χ1n) is 9.43. The number of piperazine rings is 1. The molecule has 1 aliphatic heterocycles. The van der Waals surface area contributed by atoms with Gasteiger partial charge in [0.05, 0.1) is 11.3 Å². The van der Waals surface area contributed by atoms with Crippen molar-refractivity contribution >= 4 is 39.7 Å². The Morgan fingerprint density at radius 1 is 1.14 bits per heavy atom. The number of ketones is 1. The van der Waals surface area contributed by atoms with Crippen LogP contribution in [0.1, 0.15) is 19.5 Å². The van der Waals surface area contributed by atoms with Gasteiger partial charge in [-0.25, -0.2) is 9.78 Å². The number of fused-ring (bicyclic) bond motifs is 1. The average Bonchev–Trinajstić information content (AvgIpc) is 3.14. The number of aromatic nitrogens is 1. The van der Waals surface area contributed by atoms with Gasteiger partial charge in [-0.05, 0) is 25.1 Å². The molecule has 0 atom stereocenters. The van der Waals surface area contributed by atoms with Crippen molar-refractivity contribution < 1.29 is 14.0 Å². The summed E-state index contributed by atoms with van der Waals surface area (Å²) in [7, 11) is 0. The van der Waals surface area contributed by atoms with Crippen molar-refractivity contribution in [3.05, 3.63) is 45.8 Å². The molecule has 7 nitrogen and oxygen atoms in total. The molecule has 29 heavy (non-hydrogen) atoms. The lowest BCUT2D eigenvalue weighted by Crippen LogP contribution is -2.48. The molecule has 1 aliphatic rings. The van der Waals surface area contributed by atoms with Gasteiger partial charge in [0.2, 0.25) is 5.91 Å². The minimum Gasteiger partial charge on any atom is -0.422 e. The number of Topliss-reactive ketones (excluding diaryl/α,β-unsaturated/α-hetero) is 1. The summed E-state index contributed by atoms with van der Waals surface area (Å²) in [6.45, 7) is 5.95. The van der Waals surface area contributed by atoms with Crippen molar-refractivity contribution in [1.29, 1.82) is 0 Å². The Morgan fingerprint density at radius 3 is 2.59 bits per heavy atom. The Morgan fingerprint density at radius 2 is 1.90 bits per heavy atom. The van der Waals surface area contributed by atoms with Crippen LogP contribution in [0, 0.1) is 0 Å². The zero-order chi connectivity index (χ0) is 20.5. The summed E-state index contributed by atoms with van der Waals surface area (Å²) in [5.41, 5.74) is 2.11. The number of benzene rings is 1. The number of thiazole rings is 1. The molecule has 0 saturated carbocycles. The molecule has 8 heteroatoms. The zero-order valence-electron chi connectivity index (χ0n) is 16.3. The van der Waals surface area contributed by atoms with Gasteiger partial charge in [-0.2, -0.15) is 0 Å². The Labute approximate surface area is 171 Å². The van der Waals surface area contributed by atoms with Crippen LogP contribution in [0.3, 0.4) is 0 Å². The van der Waals surface area contributed by atoms with Crippen molar-refractivity contribution in [3.8, 4) is 10.6 Å². The molecule has 1 fully saturated rings. The van der Waals surface area contributed by atoms with Gasteiger partial charge >= 0.3 is 5.63 Å². The van der Waals surface area contributed by atoms with Crippen molar-refractivity contribution in [2.24, 2.45) is 0 Å². The molecule has 4 rings (SSSR count). The molecule has 1 amide bonds. The summed E-state index contributed by atoms with van der Waals surface area (Å²) in [5.74, 6) is 0.124.